The number of ether oxygens (including phenoxy) is 2. The molecular weight excluding hydrogens is 473 g/mol. The van der Waals surface area contributed by atoms with Gasteiger partial charge in [0.15, 0.2) is 0 Å². The van der Waals surface area contributed by atoms with E-state index in [1.165, 1.54) is 50.8 Å². The second kappa shape index (κ2) is 8.05. The van der Waals surface area contributed by atoms with E-state index in [9.17, 15) is 0 Å². The minimum atomic E-state index is 0.884. The van der Waals surface area contributed by atoms with Crippen LogP contribution < -0.4 is 9.47 Å². The molecule has 6 aromatic rings. The number of hydrogen-bond acceptors (Lipinski definition) is 6. The van der Waals surface area contributed by atoms with Crippen LogP contribution in [0.5, 0.6) is 11.5 Å². The first-order valence-corrected chi connectivity index (χ1v) is 13.4. The minimum absolute atomic E-state index is 0.884. The minimum Gasteiger partial charge on any atom is -0.497 e. The first-order valence-electron chi connectivity index (χ1n) is 10.1. The van der Waals surface area contributed by atoms with Crippen molar-refractivity contribution in [2.45, 2.75) is 0 Å². The third-order valence-electron chi connectivity index (χ3n) is 5.55. The average Bonchev–Trinajstić information content (AvgIpc) is 3.61. The van der Waals surface area contributed by atoms with Crippen molar-refractivity contribution in [2.75, 3.05) is 14.2 Å². The third kappa shape index (κ3) is 3.18. The molecule has 0 unspecified atom stereocenters. The van der Waals surface area contributed by atoms with E-state index in [2.05, 4.69) is 47.2 Å². The van der Waals surface area contributed by atoms with E-state index in [0.29, 0.717) is 0 Å². The molecule has 0 saturated carbocycles. The smallest absolute Gasteiger partial charge is 0.118 e. The lowest BCUT2D eigenvalue weighted by Gasteiger charge is -2.02. The van der Waals surface area contributed by atoms with Crippen molar-refractivity contribution in [3.05, 3.63) is 71.4 Å². The summed E-state index contributed by atoms with van der Waals surface area (Å²) in [7, 11) is 3.41. The van der Waals surface area contributed by atoms with E-state index in [-0.39, 0.29) is 0 Å². The Bertz CT molecular complexity index is 1410. The molecule has 2 aromatic carbocycles. The number of fused-ring (bicyclic) bond motifs is 2. The third-order valence-corrected chi connectivity index (χ3v) is 10.3. The molecule has 0 fully saturated rings. The number of thiophene rings is 4. The van der Waals surface area contributed by atoms with Crippen LogP contribution in [0.25, 0.3) is 50.8 Å². The van der Waals surface area contributed by atoms with Gasteiger partial charge in [0, 0.05) is 20.5 Å². The van der Waals surface area contributed by atoms with Gasteiger partial charge >= 0.3 is 0 Å². The number of methoxy groups -OCH3 is 2. The van der Waals surface area contributed by atoms with Crippen LogP contribution in [0.4, 0.5) is 0 Å². The summed E-state index contributed by atoms with van der Waals surface area (Å²) in [5.41, 5.74) is 2.47. The standard InChI is InChI=1S/C26H18O2S4/c1-27-17-7-3-15(4-8-17)21-19-11-13-29-23(19)25(31-21)26-24-20(12-14-30-24)22(32-26)16-5-9-18(28-2)10-6-16/h3-14H,1-2H3. The second-order valence-corrected chi connectivity index (χ2v) is 11.2. The SMILES string of the molecule is COc1ccc(-c2sc(-c3sc(-c4ccc(OC)cc4)c4ccsc34)c3sccc23)cc1. The predicted molar refractivity (Wildman–Crippen MR) is 142 cm³/mol. The molecule has 6 heteroatoms. The van der Waals surface area contributed by atoms with Crippen LogP contribution in [0.15, 0.2) is 71.4 Å². The molecule has 32 heavy (non-hydrogen) atoms. The van der Waals surface area contributed by atoms with E-state index >= 15 is 0 Å². The fourth-order valence-electron chi connectivity index (χ4n) is 3.95. The van der Waals surface area contributed by atoms with Crippen LogP contribution >= 0.6 is 45.3 Å². The maximum Gasteiger partial charge on any atom is 0.118 e. The fourth-order valence-corrected chi connectivity index (χ4v) is 8.96. The topological polar surface area (TPSA) is 18.5 Å². The van der Waals surface area contributed by atoms with Gasteiger partial charge in [0.2, 0.25) is 0 Å². The van der Waals surface area contributed by atoms with Crippen molar-refractivity contribution in [1.29, 1.82) is 0 Å². The van der Waals surface area contributed by atoms with Crippen LogP contribution in [0.2, 0.25) is 0 Å². The summed E-state index contributed by atoms with van der Waals surface area (Å²) in [6.07, 6.45) is 0. The molecule has 0 bridgehead atoms. The average molecular weight is 491 g/mol. The number of rotatable bonds is 5. The Morgan fingerprint density at radius 3 is 1.28 bits per heavy atom. The molecule has 0 saturated heterocycles. The highest BCUT2D eigenvalue weighted by Crippen LogP contribution is 2.53. The van der Waals surface area contributed by atoms with Gasteiger partial charge in [-0.05, 0) is 82.6 Å². The van der Waals surface area contributed by atoms with E-state index in [1.807, 2.05) is 69.6 Å². The van der Waals surface area contributed by atoms with Crippen LogP contribution in [0.1, 0.15) is 0 Å². The lowest BCUT2D eigenvalue weighted by atomic mass is 10.1. The van der Waals surface area contributed by atoms with Gasteiger partial charge in [0.25, 0.3) is 0 Å². The van der Waals surface area contributed by atoms with Crippen molar-refractivity contribution >= 4 is 65.5 Å². The van der Waals surface area contributed by atoms with Crippen molar-refractivity contribution in [1.82, 2.24) is 0 Å². The van der Waals surface area contributed by atoms with E-state index < -0.39 is 0 Å². The van der Waals surface area contributed by atoms with Crippen LogP contribution in [0.3, 0.4) is 0 Å². The molecule has 6 rings (SSSR count). The van der Waals surface area contributed by atoms with Gasteiger partial charge < -0.3 is 9.47 Å². The highest BCUT2D eigenvalue weighted by atomic mass is 32.1. The predicted octanol–water partition coefficient (Wildman–Crippen LogP) is 9.26. The summed E-state index contributed by atoms with van der Waals surface area (Å²) in [5, 5.41) is 7.09. The summed E-state index contributed by atoms with van der Waals surface area (Å²) in [6, 6.07) is 21.3. The van der Waals surface area contributed by atoms with Gasteiger partial charge in [0.05, 0.1) is 33.4 Å². The normalized spacial score (nSPS) is 11.4. The molecule has 0 radical (unpaired) electrons. The highest BCUT2D eigenvalue weighted by molar-refractivity contribution is 7.34. The molecule has 0 aliphatic heterocycles. The molecule has 2 nitrogen and oxygen atoms in total. The Balaban J connectivity index is 1.53. The molecule has 0 N–H and O–H groups in total. The summed E-state index contributed by atoms with van der Waals surface area (Å²) < 4.78 is 13.5. The Morgan fingerprint density at radius 2 is 0.906 bits per heavy atom. The summed E-state index contributed by atoms with van der Waals surface area (Å²) in [6.45, 7) is 0. The highest BCUT2D eigenvalue weighted by Gasteiger charge is 2.22. The molecule has 158 valence electrons. The van der Waals surface area contributed by atoms with Gasteiger partial charge in [-0.1, -0.05) is 0 Å². The van der Waals surface area contributed by atoms with Crippen molar-refractivity contribution in [2.24, 2.45) is 0 Å². The largest absolute Gasteiger partial charge is 0.497 e. The number of benzene rings is 2. The first-order chi connectivity index (χ1) is 15.8. The Labute approximate surface area is 201 Å². The Kier molecular flexibility index (Phi) is 5.03. The molecular formula is C26H18O2S4. The van der Waals surface area contributed by atoms with E-state index in [4.69, 9.17) is 9.47 Å². The van der Waals surface area contributed by atoms with Gasteiger partial charge in [0.1, 0.15) is 11.5 Å². The Morgan fingerprint density at radius 1 is 0.500 bits per heavy atom. The molecule has 0 atom stereocenters. The zero-order valence-corrected chi connectivity index (χ0v) is 20.6. The monoisotopic (exact) mass is 490 g/mol. The maximum atomic E-state index is 5.35. The zero-order chi connectivity index (χ0) is 21.7. The van der Waals surface area contributed by atoms with Crippen molar-refractivity contribution in [3.63, 3.8) is 0 Å². The van der Waals surface area contributed by atoms with Gasteiger partial charge in [-0.2, -0.15) is 0 Å². The van der Waals surface area contributed by atoms with Gasteiger partial charge in [-0.3, -0.25) is 0 Å². The lowest BCUT2D eigenvalue weighted by Crippen LogP contribution is -1.81. The lowest BCUT2D eigenvalue weighted by molar-refractivity contribution is 0.415. The fraction of sp³-hybridized carbons (Fsp3) is 0.0769. The van der Waals surface area contributed by atoms with Crippen LogP contribution in [0, 0.1) is 0 Å². The summed E-state index contributed by atoms with van der Waals surface area (Å²) in [5.74, 6) is 1.77. The molecule has 0 spiro atoms. The molecule has 0 amide bonds. The van der Waals surface area contributed by atoms with Crippen LogP contribution in [-0.4, -0.2) is 14.2 Å². The van der Waals surface area contributed by atoms with E-state index in [0.717, 1.165) is 11.5 Å². The number of hydrogen-bond donors (Lipinski definition) is 0. The van der Waals surface area contributed by atoms with E-state index in [1.54, 1.807) is 14.2 Å². The van der Waals surface area contributed by atoms with Gasteiger partial charge in [-0.25, -0.2) is 0 Å². The van der Waals surface area contributed by atoms with Crippen LogP contribution in [-0.2, 0) is 0 Å². The summed E-state index contributed by atoms with van der Waals surface area (Å²) >= 11 is 7.46. The molecule has 0 aliphatic carbocycles. The molecule has 4 aromatic heterocycles. The Hall–Kier alpha value is -2.64. The first kappa shape index (κ1) is 20.0. The maximum absolute atomic E-state index is 5.35. The second-order valence-electron chi connectivity index (χ2n) is 7.30. The van der Waals surface area contributed by atoms with Crippen molar-refractivity contribution in [3.8, 4) is 42.1 Å². The quantitative estimate of drug-likeness (QED) is 0.240. The zero-order valence-electron chi connectivity index (χ0n) is 17.4. The molecule has 0 aliphatic rings. The molecule has 4 heterocycles. The van der Waals surface area contributed by atoms with Gasteiger partial charge in [-0.15, -0.1) is 45.3 Å². The summed E-state index contributed by atoms with van der Waals surface area (Å²) in [4.78, 5) is 5.39. The van der Waals surface area contributed by atoms with Crippen molar-refractivity contribution < 1.29 is 9.47 Å².